The van der Waals surface area contributed by atoms with Crippen molar-refractivity contribution >= 4 is 35.8 Å². The Labute approximate surface area is 199 Å². The predicted molar refractivity (Wildman–Crippen MR) is 133 cm³/mol. The lowest BCUT2D eigenvalue weighted by Gasteiger charge is -2.13. The number of aliphatic imine (C=N–C) groups is 1. The number of imidazole rings is 1. The maximum absolute atomic E-state index is 12.0. The van der Waals surface area contributed by atoms with Gasteiger partial charge in [-0.1, -0.05) is 18.2 Å². The first-order valence-corrected chi connectivity index (χ1v) is 9.68. The van der Waals surface area contributed by atoms with Crippen molar-refractivity contribution in [2.45, 2.75) is 20.0 Å². The number of amides is 1. The van der Waals surface area contributed by atoms with Crippen molar-refractivity contribution in [3.05, 3.63) is 77.5 Å². The molecule has 2 N–H and O–H groups in total. The summed E-state index contributed by atoms with van der Waals surface area (Å²) >= 11 is 0. The van der Waals surface area contributed by atoms with Gasteiger partial charge < -0.3 is 15.5 Å². The van der Waals surface area contributed by atoms with Crippen LogP contribution in [-0.4, -0.2) is 52.4 Å². The highest BCUT2D eigenvalue weighted by molar-refractivity contribution is 14.0. The molecule has 164 valence electrons. The molecule has 3 aromatic rings. The number of nitrogens with one attached hydrogen (secondary N) is 2. The summed E-state index contributed by atoms with van der Waals surface area (Å²) in [5.41, 5.74) is 2.79. The fraction of sp³-hybridized carbons (Fsp3) is 0.273. The molecular weight excluding hydrogens is 505 g/mol. The smallest absolute Gasteiger partial charge is 0.253 e. The Kier molecular flexibility index (Phi) is 8.98. The molecule has 0 saturated heterocycles. The summed E-state index contributed by atoms with van der Waals surface area (Å²) in [4.78, 5) is 26.5. The monoisotopic (exact) mass is 533 g/mol. The van der Waals surface area contributed by atoms with Gasteiger partial charge in [0.15, 0.2) is 5.96 Å². The van der Waals surface area contributed by atoms with Crippen molar-refractivity contribution in [3.8, 4) is 5.82 Å². The van der Waals surface area contributed by atoms with Crippen molar-refractivity contribution in [2.75, 3.05) is 21.1 Å². The maximum Gasteiger partial charge on any atom is 0.253 e. The Morgan fingerprint density at radius 1 is 1.03 bits per heavy atom. The Hall–Kier alpha value is -2.95. The van der Waals surface area contributed by atoms with Gasteiger partial charge in [0, 0.05) is 58.4 Å². The van der Waals surface area contributed by atoms with Crippen molar-refractivity contribution in [1.82, 2.24) is 30.1 Å². The second kappa shape index (κ2) is 11.4. The third-order valence-corrected chi connectivity index (χ3v) is 4.63. The second-order valence-electron chi connectivity index (χ2n) is 7.04. The molecule has 8 nitrogen and oxygen atoms in total. The minimum absolute atomic E-state index is 0. The standard InChI is InChI=1S/C22H27N7O.HI/c1-16-24-11-12-29(16)20-10-7-18(14-25-20)15-27-22(23-2)26-13-17-5-8-19(9-6-17)21(30)28(3)4;/h5-12,14H,13,15H2,1-4H3,(H2,23,26,27);1H. The molecule has 0 aliphatic rings. The number of rotatable bonds is 6. The van der Waals surface area contributed by atoms with Crippen molar-refractivity contribution in [3.63, 3.8) is 0 Å². The molecule has 0 aliphatic carbocycles. The lowest BCUT2D eigenvalue weighted by atomic mass is 10.1. The number of aryl methyl sites for hydroxylation is 1. The van der Waals surface area contributed by atoms with Crippen LogP contribution in [0.1, 0.15) is 27.3 Å². The summed E-state index contributed by atoms with van der Waals surface area (Å²) in [6.07, 6.45) is 5.50. The zero-order chi connectivity index (χ0) is 21.5. The van der Waals surface area contributed by atoms with Gasteiger partial charge in [-0.15, -0.1) is 24.0 Å². The van der Waals surface area contributed by atoms with Crippen molar-refractivity contribution < 1.29 is 4.79 Å². The average molecular weight is 533 g/mol. The van der Waals surface area contributed by atoms with E-state index in [1.54, 1.807) is 32.2 Å². The van der Waals surface area contributed by atoms with E-state index in [0.29, 0.717) is 24.6 Å². The molecule has 0 spiro atoms. The van der Waals surface area contributed by atoms with Crippen LogP contribution in [0.3, 0.4) is 0 Å². The number of hydrogen-bond acceptors (Lipinski definition) is 4. The van der Waals surface area contributed by atoms with E-state index < -0.39 is 0 Å². The largest absolute Gasteiger partial charge is 0.352 e. The van der Waals surface area contributed by atoms with Crippen molar-refractivity contribution in [1.29, 1.82) is 0 Å². The lowest BCUT2D eigenvalue weighted by molar-refractivity contribution is 0.0827. The van der Waals surface area contributed by atoms with Crippen molar-refractivity contribution in [2.24, 2.45) is 4.99 Å². The van der Waals surface area contributed by atoms with Crippen LogP contribution in [0, 0.1) is 6.92 Å². The second-order valence-corrected chi connectivity index (χ2v) is 7.04. The molecule has 0 fully saturated rings. The Morgan fingerprint density at radius 3 is 2.19 bits per heavy atom. The normalized spacial score (nSPS) is 10.9. The zero-order valence-corrected chi connectivity index (χ0v) is 20.5. The molecule has 0 saturated carbocycles. The van der Waals surface area contributed by atoms with Gasteiger partial charge in [0.2, 0.25) is 0 Å². The highest BCUT2D eigenvalue weighted by atomic mass is 127. The molecule has 0 radical (unpaired) electrons. The van der Waals surface area contributed by atoms with Crippen LogP contribution in [0.5, 0.6) is 0 Å². The molecule has 1 amide bonds. The van der Waals surface area contributed by atoms with E-state index in [-0.39, 0.29) is 29.9 Å². The van der Waals surface area contributed by atoms with E-state index in [2.05, 4.69) is 25.6 Å². The van der Waals surface area contributed by atoms with E-state index in [9.17, 15) is 4.79 Å². The minimum Gasteiger partial charge on any atom is -0.352 e. The SMILES string of the molecule is CN=C(NCc1ccc(C(=O)N(C)C)cc1)NCc1ccc(-n2ccnc2C)nc1.I. The Balaban J connectivity index is 0.00000341. The number of benzene rings is 1. The maximum atomic E-state index is 12.0. The van der Waals surface area contributed by atoms with Crippen LogP contribution >= 0.6 is 24.0 Å². The average Bonchev–Trinajstić information content (AvgIpc) is 3.20. The first kappa shape index (κ1) is 24.3. The number of carbonyl (C=O) groups is 1. The zero-order valence-electron chi connectivity index (χ0n) is 18.2. The predicted octanol–water partition coefficient (Wildman–Crippen LogP) is 2.76. The van der Waals surface area contributed by atoms with Crippen LogP contribution in [-0.2, 0) is 13.1 Å². The van der Waals surface area contributed by atoms with Gasteiger partial charge >= 0.3 is 0 Å². The van der Waals surface area contributed by atoms with Gasteiger partial charge in [0.25, 0.3) is 5.91 Å². The number of aromatic nitrogens is 3. The van der Waals surface area contributed by atoms with Crippen LogP contribution in [0.4, 0.5) is 0 Å². The molecule has 3 rings (SSSR count). The molecule has 0 aliphatic heterocycles. The number of nitrogens with zero attached hydrogens (tertiary/aromatic N) is 5. The number of guanidine groups is 1. The van der Waals surface area contributed by atoms with E-state index >= 15 is 0 Å². The summed E-state index contributed by atoms with van der Waals surface area (Å²) in [5, 5.41) is 6.56. The number of carbonyl (C=O) groups excluding carboxylic acids is 1. The minimum atomic E-state index is -0.00480. The Bertz CT molecular complexity index is 1010. The summed E-state index contributed by atoms with van der Waals surface area (Å²) < 4.78 is 1.94. The van der Waals surface area contributed by atoms with E-state index in [1.165, 1.54) is 0 Å². The molecule has 1 aromatic carbocycles. The van der Waals surface area contributed by atoms with Gasteiger partial charge in [0.05, 0.1) is 0 Å². The summed E-state index contributed by atoms with van der Waals surface area (Å²) in [6.45, 7) is 3.15. The number of hydrogen-bond donors (Lipinski definition) is 2. The van der Waals surface area contributed by atoms with Gasteiger partial charge in [-0.3, -0.25) is 14.4 Å². The fourth-order valence-electron chi connectivity index (χ4n) is 2.90. The Morgan fingerprint density at radius 2 is 1.68 bits per heavy atom. The van der Waals surface area contributed by atoms with Crippen LogP contribution in [0.15, 0.2) is 60.0 Å². The summed E-state index contributed by atoms with van der Waals surface area (Å²) in [6, 6.07) is 11.6. The molecule has 2 heterocycles. The molecule has 2 aromatic heterocycles. The summed E-state index contributed by atoms with van der Waals surface area (Å²) in [7, 11) is 5.22. The van der Waals surface area contributed by atoms with Crippen LogP contribution < -0.4 is 10.6 Å². The fourth-order valence-corrected chi connectivity index (χ4v) is 2.90. The van der Waals surface area contributed by atoms with Gasteiger partial charge in [-0.05, 0) is 36.2 Å². The lowest BCUT2D eigenvalue weighted by Crippen LogP contribution is -2.36. The number of halogens is 1. The number of pyridine rings is 1. The summed E-state index contributed by atoms with van der Waals surface area (Å²) in [5.74, 6) is 2.43. The molecule has 31 heavy (non-hydrogen) atoms. The van der Waals surface area contributed by atoms with E-state index in [1.807, 2.05) is 60.3 Å². The molecular formula is C22H28IN7O. The van der Waals surface area contributed by atoms with E-state index in [4.69, 9.17) is 0 Å². The molecule has 0 bridgehead atoms. The first-order chi connectivity index (χ1) is 14.5. The molecule has 9 heteroatoms. The van der Waals surface area contributed by atoms with Gasteiger partial charge in [-0.2, -0.15) is 0 Å². The van der Waals surface area contributed by atoms with Crippen LogP contribution in [0.25, 0.3) is 5.82 Å². The first-order valence-electron chi connectivity index (χ1n) is 9.68. The molecule has 0 unspecified atom stereocenters. The third kappa shape index (κ3) is 6.51. The van der Waals surface area contributed by atoms with Gasteiger partial charge in [-0.25, -0.2) is 9.97 Å². The van der Waals surface area contributed by atoms with Gasteiger partial charge in [0.1, 0.15) is 11.6 Å². The molecule has 0 atom stereocenters. The topological polar surface area (TPSA) is 87.4 Å². The quantitative estimate of drug-likeness (QED) is 0.289. The highest BCUT2D eigenvalue weighted by Gasteiger charge is 2.07. The highest BCUT2D eigenvalue weighted by Crippen LogP contribution is 2.09. The van der Waals surface area contributed by atoms with E-state index in [0.717, 1.165) is 22.8 Å². The third-order valence-electron chi connectivity index (χ3n) is 4.63. The van der Waals surface area contributed by atoms with Crippen LogP contribution in [0.2, 0.25) is 0 Å².